The molecule has 2 N–H and O–H groups in total. The van der Waals surface area contributed by atoms with Gasteiger partial charge in [-0.2, -0.15) is 5.26 Å². The molecule has 0 aliphatic heterocycles. The van der Waals surface area contributed by atoms with Crippen molar-refractivity contribution in [2.45, 2.75) is 6.92 Å². The van der Waals surface area contributed by atoms with Crippen molar-refractivity contribution in [1.82, 2.24) is 4.98 Å². The first-order chi connectivity index (χ1) is 9.51. The Morgan fingerprint density at radius 2 is 2.15 bits per heavy atom. The molecule has 2 rings (SSSR count). The maximum absolute atomic E-state index is 11.2. The topological polar surface area (TPSA) is 86.0 Å². The number of aromatic carboxylic acids is 1. The van der Waals surface area contributed by atoms with Crippen LogP contribution in [0.25, 0.3) is 0 Å². The molecule has 0 radical (unpaired) electrons. The minimum absolute atomic E-state index is 0.0897. The summed E-state index contributed by atoms with van der Waals surface area (Å²) < 4.78 is 0.683. The van der Waals surface area contributed by atoms with E-state index in [4.69, 9.17) is 10.4 Å². The smallest absolute Gasteiger partial charge is 0.339 e. The van der Waals surface area contributed by atoms with Gasteiger partial charge in [-0.1, -0.05) is 0 Å². The lowest BCUT2D eigenvalue weighted by Gasteiger charge is -2.11. The van der Waals surface area contributed by atoms with Crippen LogP contribution in [0.3, 0.4) is 0 Å². The van der Waals surface area contributed by atoms with Gasteiger partial charge >= 0.3 is 5.97 Å². The highest BCUT2D eigenvalue weighted by atomic mass is 79.9. The van der Waals surface area contributed by atoms with E-state index in [1.54, 1.807) is 31.2 Å². The molecule has 6 heteroatoms. The van der Waals surface area contributed by atoms with E-state index >= 15 is 0 Å². The molecule has 0 saturated heterocycles. The molecule has 0 aliphatic rings. The van der Waals surface area contributed by atoms with Crippen molar-refractivity contribution in [3.8, 4) is 6.07 Å². The number of carbonyl (C=O) groups is 1. The van der Waals surface area contributed by atoms with Crippen LogP contribution in [0.1, 0.15) is 21.6 Å². The minimum Gasteiger partial charge on any atom is -0.478 e. The zero-order valence-electron chi connectivity index (χ0n) is 10.5. The number of hydrogen-bond acceptors (Lipinski definition) is 4. The van der Waals surface area contributed by atoms with Crippen molar-refractivity contribution in [2.24, 2.45) is 0 Å². The molecule has 100 valence electrons. The molecule has 0 fully saturated rings. The van der Waals surface area contributed by atoms with E-state index in [-0.39, 0.29) is 5.56 Å². The number of aromatic nitrogens is 1. The average Bonchev–Trinajstić information content (AvgIpc) is 2.40. The maximum Gasteiger partial charge on any atom is 0.339 e. The second kappa shape index (κ2) is 5.72. The summed E-state index contributed by atoms with van der Waals surface area (Å²) in [5.74, 6) is -1.05. The number of carboxylic acids is 1. The van der Waals surface area contributed by atoms with Gasteiger partial charge in [-0.25, -0.2) is 4.79 Å². The Hall–Kier alpha value is -2.39. The monoisotopic (exact) mass is 331 g/mol. The number of nitriles is 1. The second-order valence-electron chi connectivity index (χ2n) is 4.11. The van der Waals surface area contributed by atoms with Crippen molar-refractivity contribution < 1.29 is 9.90 Å². The highest BCUT2D eigenvalue weighted by molar-refractivity contribution is 9.10. The summed E-state index contributed by atoms with van der Waals surface area (Å²) in [6, 6.07) is 8.73. The number of halogens is 1. The molecule has 1 heterocycles. The molecule has 1 aromatic carbocycles. The van der Waals surface area contributed by atoms with Crippen molar-refractivity contribution in [3.05, 3.63) is 51.8 Å². The van der Waals surface area contributed by atoms with Crippen LogP contribution in [0.2, 0.25) is 0 Å². The van der Waals surface area contributed by atoms with Crippen LogP contribution < -0.4 is 5.32 Å². The first-order valence-electron chi connectivity index (χ1n) is 5.68. The third-order valence-corrected chi connectivity index (χ3v) is 3.29. The molecule has 0 aliphatic carbocycles. The summed E-state index contributed by atoms with van der Waals surface area (Å²) in [6.07, 6.45) is 1.32. The van der Waals surface area contributed by atoms with Crippen LogP contribution in [0, 0.1) is 18.3 Å². The summed E-state index contributed by atoms with van der Waals surface area (Å²) in [4.78, 5) is 15.2. The number of anilines is 2. The Labute approximate surface area is 124 Å². The molecule has 5 nitrogen and oxygen atoms in total. The highest BCUT2D eigenvalue weighted by Gasteiger charge is 2.12. The molecular weight excluding hydrogens is 322 g/mol. The van der Waals surface area contributed by atoms with Gasteiger partial charge in [-0.15, -0.1) is 0 Å². The summed E-state index contributed by atoms with van der Waals surface area (Å²) in [5, 5.41) is 21.0. The summed E-state index contributed by atoms with van der Waals surface area (Å²) in [6.45, 7) is 1.78. The molecule has 0 unspecified atom stereocenters. The number of pyridine rings is 1. The standard InChI is InChI=1S/C14H10BrN3O2/c1-8-4-13(10(7-17-8)14(19)20)18-12-3-2-9(6-16)5-11(12)15/h2-5,7H,1H3,(H,17,18)(H,19,20). The van der Waals surface area contributed by atoms with Crippen LogP contribution >= 0.6 is 15.9 Å². The molecule has 2 aromatic rings. The Morgan fingerprint density at radius 1 is 1.40 bits per heavy atom. The average molecular weight is 332 g/mol. The molecule has 20 heavy (non-hydrogen) atoms. The van der Waals surface area contributed by atoms with Crippen LogP contribution in [-0.2, 0) is 0 Å². The van der Waals surface area contributed by atoms with Gasteiger partial charge in [0.2, 0.25) is 0 Å². The first kappa shape index (κ1) is 14.0. The molecule has 0 amide bonds. The predicted molar refractivity (Wildman–Crippen MR) is 78.1 cm³/mol. The predicted octanol–water partition coefficient (Wildman–Crippen LogP) is 3.47. The van der Waals surface area contributed by atoms with E-state index in [2.05, 4.69) is 26.2 Å². The number of nitrogens with zero attached hydrogens (tertiary/aromatic N) is 2. The second-order valence-corrected chi connectivity index (χ2v) is 4.96. The molecule has 0 bridgehead atoms. The molecule has 1 aromatic heterocycles. The van der Waals surface area contributed by atoms with Crippen LogP contribution in [0.4, 0.5) is 11.4 Å². The van der Waals surface area contributed by atoms with E-state index in [9.17, 15) is 4.79 Å². The zero-order chi connectivity index (χ0) is 14.7. The fourth-order valence-electron chi connectivity index (χ4n) is 1.66. The van der Waals surface area contributed by atoms with E-state index in [1.165, 1.54) is 6.20 Å². The lowest BCUT2D eigenvalue weighted by atomic mass is 10.2. The van der Waals surface area contributed by atoms with Crippen LogP contribution in [0.5, 0.6) is 0 Å². The van der Waals surface area contributed by atoms with Crippen molar-refractivity contribution in [3.63, 3.8) is 0 Å². The van der Waals surface area contributed by atoms with Crippen LogP contribution in [-0.4, -0.2) is 16.1 Å². The number of benzene rings is 1. The Balaban J connectivity index is 2.42. The van der Waals surface area contributed by atoms with Gasteiger partial charge in [0, 0.05) is 16.4 Å². The quantitative estimate of drug-likeness (QED) is 0.899. The molecular formula is C14H10BrN3O2. The minimum atomic E-state index is -1.05. The van der Waals surface area contributed by atoms with Gasteiger partial charge in [0.15, 0.2) is 0 Å². The molecule has 0 saturated carbocycles. The van der Waals surface area contributed by atoms with E-state index < -0.39 is 5.97 Å². The lowest BCUT2D eigenvalue weighted by Crippen LogP contribution is -2.04. The summed E-state index contributed by atoms with van der Waals surface area (Å²) >= 11 is 3.35. The van der Waals surface area contributed by atoms with E-state index in [0.29, 0.717) is 27.1 Å². The van der Waals surface area contributed by atoms with Gasteiger partial charge in [0.1, 0.15) is 5.56 Å². The Morgan fingerprint density at radius 3 is 2.75 bits per heavy atom. The number of aryl methyl sites for hydroxylation is 1. The maximum atomic E-state index is 11.2. The zero-order valence-corrected chi connectivity index (χ0v) is 12.1. The Bertz CT molecular complexity index is 723. The Kier molecular flexibility index (Phi) is 4.01. The number of nitrogens with one attached hydrogen (secondary N) is 1. The summed E-state index contributed by atoms with van der Waals surface area (Å²) in [7, 11) is 0. The van der Waals surface area contributed by atoms with E-state index in [0.717, 1.165) is 0 Å². The molecule has 0 spiro atoms. The first-order valence-corrected chi connectivity index (χ1v) is 6.47. The van der Waals surface area contributed by atoms with Gasteiger partial charge in [-0.3, -0.25) is 4.98 Å². The van der Waals surface area contributed by atoms with Gasteiger partial charge in [-0.05, 0) is 47.1 Å². The van der Waals surface area contributed by atoms with Gasteiger partial charge in [0.25, 0.3) is 0 Å². The van der Waals surface area contributed by atoms with Crippen molar-refractivity contribution >= 4 is 33.3 Å². The van der Waals surface area contributed by atoms with Crippen molar-refractivity contribution in [1.29, 1.82) is 5.26 Å². The fourth-order valence-corrected chi connectivity index (χ4v) is 2.14. The largest absolute Gasteiger partial charge is 0.478 e. The van der Waals surface area contributed by atoms with E-state index in [1.807, 2.05) is 6.07 Å². The highest BCUT2D eigenvalue weighted by Crippen LogP contribution is 2.28. The van der Waals surface area contributed by atoms with Gasteiger partial charge < -0.3 is 10.4 Å². The lowest BCUT2D eigenvalue weighted by molar-refractivity contribution is 0.0697. The SMILES string of the molecule is Cc1cc(Nc2ccc(C#N)cc2Br)c(C(=O)O)cn1. The number of hydrogen-bond donors (Lipinski definition) is 2. The van der Waals surface area contributed by atoms with Crippen LogP contribution in [0.15, 0.2) is 34.9 Å². The molecule has 0 atom stereocenters. The number of rotatable bonds is 3. The number of carboxylic acid groups (broad SMARTS) is 1. The van der Waals surface area contributed by atoms with Crippen molar-refractivity contribution in [2.75, 3.05) is 5.32 Å². The normalized spacial score (nSPS) is 9.85. The summed E-state index contributed by atoms with van der Waals surface area (Å²) in [5.41, 5.74) is 2.45. The third kappa shape index (κ3) is 2.95. The van der Waals surface area contributed by atoms with Gasteiger partial charge in [0.05, 0.1) is 23.0 Å². The fraction of sp³-hybridized carbons (Fsp3) is 0.0714. The third-order valence-electron chi connectivity index (χ3n) is 2.64.